The lowest BCUT2D eigenvalue weighted by molar-refractivity contribution is -0.171. The Morgan fingerprint density at radius 2 is 1.74 bits per heavy atom. The molecule has 1 fully saturated rings. The molecule has 8 nitrogen and oxygen atoms in total. The first-order valence-electron chi connectivity index (χ1n) is 15.3. The van der Waals surface area contributed by atoms with Crippen LogP contribution in [0.15, 0.2) is 54.9 Å². The van der Waals surface area contributed by atoms with Crippen molar-refractivity contribution in [1.82, 2.24) is 9.97 Å². The van der Waals surface area contributed by atoms with Crippen LogP contribution in [-0.2, 0) is 14.3 Å². The number of para-hydroxylation sites is 1. The van der Waals surface area contributed by atoms with Crippen LogP contribution in [0, 0.1) is 12.3 Å². The van der Waals surface area contributed by atoms with Gasteiger partial charge < -0.3 is 24.4 Å². The number of hydrogen-bond acceptors (Lipinski definition) is 8. The first-order valence-corrected chi connectivity index (χ1v) is 15.3. The van der Waals surface area contributed by atoms with Crippen molar-refractivity contribution in [2.24, 2.45) is 5.41 Å². The maximum atomic E-state index is 13.6. The predicted molar refractivity (Wildman–Crippen MR) is 175 cm³/mol. The number of anilines is 2. The molecule has 2 aromatic heterocycles. The van der Waals surface area contributed by atoms with Crippen LogP contribution in [0.1, 0.15) is 80.1 Å². The van der Waals surface area contributed by atoms with Crippen molar-refractivity contribution in [3.8, 4) is 16.9 Å². The van der Waals surface area contributed by atoms with Crippen molar-refractivity contribution in [2.75, 3.05) is 36.5 Å². The number of benzene rings is 1. The van der Waals surface area contributed by atoms with Gasteiger partial charge >= 0.3 is 5.97 Å². The summed E-state index contributed by atoms with van der Waals surface area (Å²) in [6.07, 6.45) is 4.66. The number of esters is 1. The Morgan fingerprint density at radius 1 is 1.05 bits per heavy atom. The number of carbonyl (C=O) groups excluding carboxylic acids is 1. The normalized spacial score (nSPS) is 15.7. The van der Waals surface area contributed by atoms with E-state index in [0.29, 0.717) is 13.2 Å². The van der Waals surface area contributed by atoms with Crippen LogP contribution in [-0.4, -0.2) is 53.9 Å². The number of aryl methyl sites for hydroxylation is 1. The summed E-state index contributed by atoms with van der Waals surface area (Å²) in [4.78, 5) is 25.5. The van der Waals surface area contributed by atoms with E-state index in [0.717, 1.165) is 65.6 Å². The lowest BCUT2D eigenvalue weighted by Gasteiger charge is -2.41. The molecule has 0 aliphatic carbocycles. The van der Waals surface area contributed by atoms with Gasteiger partial charge in [0.1, 0.15) is 18.2 Å². The highest BCUT2D eigenvalue weighted by atomic mass is 16.6. The topological polar surface area (TPSA) is 85.8 Å². The lowest BCUT2D eigenvalue weighted by atomic mass is 9.82. The minimum Gasteiger partial charge on any atom is -0.492 e. The number of carbonyl (C=O) groups is 1. The van der Waals surface area contributed by atoms with Crippen LogP contribution in [0.3, 0.4) is 0 Å². The zero-order valence-electron chi connectivity index (χ0n) is 27.1. The van der Waals surface area contributed by atoms with Gasteiger partial charge in [-0.2, -0.15) is 0 Å². The number of piperidine rings is 1. The monoisotopic (exact) mass is 590 g/mol. The fourth-order valence-corrected chi connectivity index (χ4v) is 5.20. The van der Waals surface area contributed by atoms with Crippen molar-refractivity contribution in [2.45, 2.75) is 86.0 Å². The largest absolute Gasteiger partial charge is 0.492 e. The van der Waals surface area contributed by atoms with E-state index in [1.54, 1.807) is 0 Å². The second-order valence-electron chi connectivity index (χ2n) is 13.3. The first-order chi connectivity index (χ1) is 20.3. The van der Waals surface area contributed by atoms with E-state index < -0.39 is 17.7 Å². The van der Waals surface area contributed by atoms with Crippen LogP contribution in [0.25, 0.3) is 11.1 Å². The number of nitrogens with zero attached hydrogens (tertiary/aromatic N) is 3. The van der Waals surface area contributed by atoms with E-state index in [4.69, 9.17) is 24.2 Å². The van der Waals surface area contributed by atoms with Crippen molar-refractivity contribution < 1.29 is 20.4 Å². The predicted octanol–water partition coefficient (Wildman–Crippen LogP) is 7.62. The first kappa shape index (κ1) is 32.3. The molecule has 0 amide bonds. The molecule has 1 N–H and O–H groups in total. The van der Waals surface area contributed by atoms with E-state index >= 15 is 0 Å². The van der Waals surface area contributed by atoms with E-state index in [1.807, 2.05) is 96.4 Å². The molecular weight excluding hydrogens is 540 g/mol. The van der Waals surface area contributed by atoms with Crippen LogP contribution in [0.4, 0.5) is 11.5 Å². The van der Waals surface area contributed by atoms with Gasteiger partial charge in [0.15, 0.2) is 6.10 Å². The third-order valence-corrected chi connectivity index (χ3v) is 7.51. The molecule has 43 heavy (non-hydrogen) atoms. The van der Waals surface area contributed by atoms with Crippen molar-refractivity contribution >= 4 is 17.5 Å². The van der Waals surface area contributed by atoms with Gasteiger partial charge in [-0.3, -0.25) is 4.98 Å². The van der Waals surface area contributed by atoms with Crippen molar-refractivity contribution in [3.05, 3.63) is 66.1 Å². The van der Waals surface area contributed by atoms with Crippen LogP contribution < -0.4 is 15.0 Å². The van der Waals surface area contributed by atoms with E-state index in [9.17, 15) is 4.79 Å². The van der Waals surface area contributed by atoms with Gasteiger partial charge in [0.2, 0.25) is 0 Å². The van der Waals surface area contributed by atoms with Crippen LogP contribution in [0.2, 0.25) is 0 Å². The number of ether oxygens (including phenoxy) is 3. The maximum Gasteiger partial charge on any atom is 0.340 e. The molecule has 0 spiro atoms. The molecule has 1 aliphatic rings. The van der Waals surface area contributed by atoms with Crippen LogP contribution in [0.5, 0.6) is 5.75 Å². The molecule has 0 unspecified atom stereocenters. The van der Waals surface area contributed by atoms with E-state index in [-0.39, 0.29) is 12.9 Å². The Morgan fingerprint density at radius 3 is 2.35 bits per heavy atom. The average Bonchev–Trinajstić information content (AvgIpc) is 2.94. The smallest absolute Gasteiger partial charge is 0.340 e. The summed E-state index contributed by atoms with van der Waals surface area (Å²) >= 11 is 0. The number of rotatable bonds is 11. The zero-order chi connectivity index (χ0) is 31.2. The lowest BCUT2D eigenvalue weighted by Crippen LogP contribution is -2.39. The number of nitrogens with one attached hydrogen (secondary N) is 1. The third kappa shape index (κ3) is 8.92. The fraction of sp³-hybridized carbons (Fsp3) is 0.514. The molecule has 0 saturated carbocycles. The van der Waals surface area contributed by atoms with Gasteiger partial charge in [-0.05, 0) is 84.1 Å². The van der Waals surface area contributed by atoms with Gasteiger partial charge in [-0.15, -0.1) is 0 Å². The molecule has 234 valence electrons. The van der Waals surface area contributed by atoms with Gasteiger partial charge in [0.25, 0.3) is 0 Å². The summed E-state index contributed by atoms with van der Waals surface area (Å²) in [5.74, 6) is 1.20. The zero-order valence-corrected chi connectivity index (χ0v) is 27.1. The quantitative estimate of drug-likeness (QED) is 0.180. The third-order valence-electron chi connectivity index (χ3n) is 7.51. The Kier molecular flexibility index (Phi) is 10.3. The SMILES string of the molecule is Cc1ncc(-c2ccc(NCCOc3ccccc3)nc2)c(N2CCC(C)(C)CC2)c1[C@H](OC(C)(C)C)C(=O)OC(C)C.[HH]. The second-order valence-corrected chi connectivity index (χ2v) is 13.3. The number of hydrogen-bond donors (Lipinski definition) is 1. The van der Waals surface area contributed by atoms with E-state index in [1.165, 1.54) is 0 Å². The maximum absolute atomic E-state index is 13.6. The Labute approximate surface area is 258 Å². The average molecular weight is 591 g/mol. The van der Waals surface area contributed by atoms with Crippen molar-refractivity contribution in [3.63, 3.8) is 0 Å². The van der Waals surface area contributed by atoms with Crippen molar-refractivity contribution in [1.29, 1.82) is 0 Å². The molecule has 3 heterocycles. The summed E-state index contributed by atoms with van der Waals surface area (Å²) in [6.45, 7) is 19.0. The van der Waals surface area contributed by atoms with Gasteiger partial charge in [0.05, 0.1) is 23.9 Å². The molecule has 1 saturated heterocycles. The highest BCUT2D eigenvalue weighted by molar-refractivity contribution is 5.87. The number of pyridine rings is 2. The summed E-state index contributed by atoms with van der Waals surface area (Å²) in [5, 5.41) is 3.33. The molecule has 4 rings (SSSR count). The highest BCUT2D eigenvalue weighted by Gasteiger charge is 2.37. The molecule has 1 aromatic carbocycles. The summed E-state index contributed by atoms with van der Waals surface area (Å²) < 4.78 is 18.0. The Balaban J connectivity index is 0.00000529. The Bertz CT molecular complexity index is 1350. The second kappa shape index (κ2) is 13.8. The van der Waals surface area contributed by atoms with E-state index in [2.05, 4.69) is 24.1 Å². The molecule has 0 radical (unpaired) electrons. The van der Waals surface area contributed by atoms with Gasteiger partial charge in [0, 0.05) is 49.3 Å². The molecule has 0 bridgehead atoms. The molecule has 1 aliphatic heterocycles. The molecular formula is C35H50N4O4. The molecule has 1 atom stereocenters. The molecule has 8 heteroatoms. The molecule has 3 aromatic rings. The summed E-state index contributed by atoms with van der Waals surface area (Å²) in [6, 6.07) is 13.8. The summed E-state index contributed by atoms with van der Waals surface area (Å²) in [5.41, 5.74) is 4.01. The minimum atomic E-state index is -0.918. The standard InChI is InChI=1S/C35H48N4O4.H2/c1-24(2)42-33(40)32(43-34(4,5)6)30-25(3)37-23-28(31(30)39-19-16-35(7,8)17-20-39)26-14-15-29(38-22-26)36-18-21-41-27-12-10-9-11-13-27;/h9-15,22-24,32H,16-21H2,1-8H3,(H,36,38);1H/t32-;/m0./s1. The van der Waals surface area contributed by atoms with Gasteiger partial charge in [-0.25, -0.2) is 9.78 Å². The van der Waals surface area contributed by atoms with Crippen LogP contribution >= 0.6 is 0 Å². The Hall–Kier alpha value is -3.65. The number of aromatic nitrogens is 2. The summed E-state index contributed by atoms with van der Waals surface area (Å²) in [7, 11) is 0. The highest BCUT2D eigenvalue weighted by Crippen LogP contribution is 2.43. The fourth-order valence-electron chi connectivity index (χ4n) is 5.20. The minimum absolute atomic E-state index is 0. The van der Waals surface area contributed by atoms with Gasteiger partial charge in [-0.1, -0.05) is 32.0 Å².